The van der Waals surface area contributed by atoms with Crippen LogP contribution >= 0.6 is 12.2 Å². The summed E-state index contributed by atoms with van der Waals surface area (Å²) in [6.07, 6.45) is 7.00. The van der Waals surface area contributed by atoms with Crippen molar-refractivity contribution in [3.05, 3.63) is 61.2 Å². The van der Waals surface area contributed by atoms with Gasteiger partial charge in [0, 0.05) is 24.8 Å². The summed E-state index contributed by atoms with van der Waals surface area (Å²) in [5.74, 6) is 2.83. The first-order valence-corrected chi connectivity index (χ1v) is 4.57. The van der Waals surface area contributed by atoms with E-state index >= 15 is 0 Å². The van der Waals surface area contributed by atoms with E-state index < -0.39 is 0 Å². The molecule has 0 bridgehead atoms. The topological polar surface area (TPSA) is 25.8 Å². The monoisotopic (exact) mass is 228 g/mol. The Morgan fingerprint density at radius 3 is 1.00 bits per heavy atom. The summed E-state index contributed by atoms with van der Waals surface area (Å²) in [5, 5.41) is 0. The third kappa shape index (κ3) is 13.4. The number of thiocarbonyl (C=S) groups is 1. The fourth-order valence-electron chi connectivity index (χ4n) is 0.625. The third-order valence-corrected chi connectivity index (χ3v) is 1.13. The average molecular weight is 228 g/mol. The van der Waals surface area contributed by atoms with E-state index in [1.165, 1.54) is 0 Å². The van der Waals surface area contributed by atoms with Gasteiger partial charge in [-0.1, -0.05) is 24.4 Å². The zero-order valence-corrected chi connectivity index (χ0v) is 11.6. The summed E-state index contributed by atoms with van der Waals surface area (Å²) in [7, 11) is 0. The van der Waals surface area contributed by atoms with Gasteiger partial charge in [0.1, 0.15) is 0 Å². The molecule has 0 aliphatic rings. The molecule has 0 N–H and O–H groups in total. The van der Waals surface area contributed by atoms with Gasteiger partial charge in [-0.3, -0.25) is 9.97 Å². The van der Waals surface area contributed by atoms with Crippen molar-refractivity contribution in [2.45, 2.75) is 0 Å². The number of hydrogen-bond donors (Lipinski definition) is 0. The van der Waals surface area contributed by atoms with E-state index in [9.17, 15) is 0 Å². The maximum absolute atomic E-state index is 3.83. The van der Waals surface area contributed by atoms with Crippen LogP contribution in [0.25, 0.3) is 0 Å². The minimum Gasteiger partial charge on any atom is -1.00 e. The van der Waals surface area contributed by atoms with Gasteiger partial charge in [-0.15, -0.1) is 0 Å². The summed E-state index contributed by atoms with van der Waals surface area (Å²) in [6.45, 7) is 0. The molecular formula is C11H13N2NaS. The van der Waals surface area contributed by atoms with E-state index in [-0.39, 0.29) is 31.0 Å². The Morgan fingerprint density at radius 2 is 0.933 bits per heavy atom. The normalized spacial score (nSPS) is 6.67. The zero-order valence-electron chi connectivity index (χ0n) is 9.78. The summed E-state index contributed by atoms with van der Waals surface area (Å²) < 4.78 is 0. The van der Waals surface area contributed by atoms with Crippen molar-refractivity contribution >= 4 is 18.1 Å². The van der Waals surface area contributed by atoms with Crippen molar-refractivity contribution < 1.29 is 31.0 Å². The minimum atomic E-state index is 0. The second kappa shape index (κ2) is 15.8. The Morgan fingerprint density at radius 1 is 0.667 bits per heavy atom. The van der Waals surface area contributed by atoms with E-state index in [2.05, 4.69) is 28.1 Å². The van der Waals surface area contributed by atoms with Gasteiger partial charge in [-0.25, -0.2) is 0 Å². The van der Waals surface area contributed by atoms with Crippen LogP contribution in [-0.4, -0.2) is 15.8 Å². The first-order chi connectivity index (χ1) is 7.00. The predicted molar refractivity (Wildman–Crippen MR) is 64.3 cm³/mol. The number of pyridine rings is 2. The number of aromatic nitrogens is 2. The largest absolute Gasteiger partial charge is 1.00 e. The molecule has 0 fully saturated rings. The van der Waals surface area contributed by atoms with Crippen LogP contribution in [-0.2, 0) is 0 Å². The molecule has 2 rings (SSSR count). The van der Waals surface area contributed by atoms with Crippen LogP contribution in [0.4, 0.5) is 0 Å². The first kappa shape index (κ1) is 16.8. The first-order valence-electron chi connectivity index (χ1n) is 3.99. The summed E-state index contributed by atoms with van der Waals surface area (Å²) >= 11 is 3.83. The molecule has 0 atom stereocenters. The molecule has 0 aromatic carbocycles. The van der Waals surface area contributed by atoms with Crippen LogP contribution in [0.2, 0.25) is 0 Å². The van der Waals surface area contributed by atoms with Gasteiger partial charge >= 0.3 is 29.6 Å². The Balaban J connectivity index is -0.000000165. The Kier molecular flexibility index (Phi) is 17.8. The molecule has 0 saturated heterocycles. The molecule has 2 aromatic rings. The van der Waals surface area contributed by atoms with Crippen molar-refractivity contribution in [2.24, 2.45) is 0 Å². The minimum absolute atomic E-state index is 0. The summed E-state index contributed by atoms with van der Waals surface area (Å²) in [4.78, 5) is 7.57. The summed E-state index contributed by atoms with van der Waals surface area (Å²) in [6, 6.07) is 11.4. The van der Waals surface area contributed by atoms with Gasteiger partial charge in [0.25, 0.3) is 0 Å². The van der Waals surface area contributed by atoms with Gasteiger partial charge in [-0.05, 0) is 30.1 Å². The fourth-order valence-corrected chi connectivity index (χ4v) is 0.625. The predicted octanol–water partition coefficient (Wildman–Crippen LogP) is -0.104. The molecule has 2 heterocycles. The second-order valence-electron chi connectivity index (χ2n) is 2.05. The Labute approximate surface area is 120 Å². The smallest absolute Gasteiger partial charge is 1.00 e. The van der Waals surface area contributed by atoms with E-state index in [0.717, 1.165) is 0 Å². The molecule has 15 heavy (non-hydrogen) atoms. The second-order valence-corrected chi connectivity index (χ2v) is 2.05. The van der Waals surface area contributed by atoms with Crippen LogP contribution < -0.4 is 29.6 Å². The van der Waals surface area contributed by atoms with Crippen molar-refractivity contribution in [3.8, 4) is 0 Å². The standard InChI is InChI=1S/2C5H5N.CH2S.Na.H/c2*1-2-4-6-5-3-1;1-2;;/h2*1-5H;1H2;;/q;;;+1;-1. The quantitative estimate of drug-likeness (QED) is 0.465. The number of hydrogen-bond acceptors (Lipinski definition) is 3. The third-order valence-electron chi connectivity index (χ3n) is 1.13. The molecule has 0 radical (unpaired) electrons. The molecule has 4 heteroatoms. The van der Waals surface area contributed by atoms with Gasteiger partial charge in [0.15, 0.2) is 0 Å². The van der Waals surface area contributed by atoms with E-state index in [4.69, 9.17) is 0 Å². The molecule has 0 aliphatic heterocycles. The van der Waals surface area contributed by atoms with Gasteiger partial charge in [-0.2, -0.15) is 0 Å². The molecule has 2 aromatic heterocycles. The van der Waals surface area contributed by atoms with Gasteiger partial charge < -0.3 is 1.43 Å². The fraction of sp³-hybridized carbons (Fsp3) is 0. The molecule has 0 aliphatic carbocycles. The number of rotatable bonds is 0. The van der Waals surface area contributed by atoms with E-state index in [0.29, 0.717) is 0 Å². The molecule has 0 amide bonds. The van der Waals surface area contributed by atoms with Crippen LogP contribution in [0, 0.1) is 0 Å². The molecule has 0 saturated carbocycles. The van der Waals surface area contributed by atoms with Crippen molar-refractivity contribution in [3.63, 3.8) is 0 Å². The maximum atomic E-state index is 3.83. The maximum Gasteiger partial charge on any atom is 1.00 e. The van der Waals surface area contributed by atoms with Crippen LogP contribution in [0.1, 0.15) is 1.43 Å². The van der Waals surface area contributed by atoms with Gasteiger partial charge in [0.2, 0.25) is 0 Å². The molecule has 74 valence electrons. The average Bonchev–Trinajstić information content (AvgIpc) is 2.37. The molecular weight excluding hydrogens is 215 g/mol. The van der Waals surface area contributed by atoms with Crippen molar-refractivity contribution in [1.29, 1.82) is 0 Å². The van der Waals surface area contributed by atoms with E-state index in [1.54, 1.807) is 24.8 Å². The molecule has 2 nitrogen and oxygen atoms in total. The van der Waals surface area contributed by atoms with Crippen LogP contribution in [0.5, 0.6) is 0 Å². The SMILES string of the molecule is C=S.[H-].[Na+].c1ccncc1.c1ccncc1. The molecule has 0 spiro atoms. The number of nitrogens with zero attached hydrogens (tertiary/aromatic N) is 2. The Bertz CT molecular complexity index is 212. The van der Waals surface area contributed by atoms with Gasteiger partial charge in [0.05, 0.1) is 0 Å². The van der Waals surface area contributed by atoms with Crippen molar-refractivity contribution in [2.75, 3.05) is 0 Å². The summed E-state index contributed by atoms with van der Waals surface area (Å²) in [5.41, 5.74) is 0. The zero-order chi connectivity index (χ0) is 10.5. The van der Waals surface area contributed by atoms with Crippen LogP contribution in [0.15, 0.2) is 61.2 Å². The van der Waals surface area contributed by atoms with E-state index in [1.807, 2.05) is 36.4 Å². The Hall–Kier alpha value is -0.610. The van der Waals surface area contributed by atoms with Crippen LogP contribution in [0.3, 0.4) is 0 Å². The molecule has 0 unspecified atom stereocenters. The van der Waals surface area contributed by atoms with Crippen molar-refractivity contribution in [1.82, 2.24) is 9.97 Å².